The Balaban J connectivity index is 2.83. The number of rotatable bonds is 13. The van der Waals surface area contributed by atoms with Crippen LogP contribution in [0, 0.1) is 0 Å². The number of hydrogen-bond acceptors (Lipinski definition) is 1. The Morgan fingerprint density at radius 2 is 1.19 bits per heavy atom. The predicted molar refractivity (Wildman–Crippen MR) is 75.4 cm³/mol. The van der Waals surface area contributed by atoms with Crippen molar-refractivity contribution in [1.82, 2.24) is 5.32 Å². The van der Waals surface area contributed by atoms with Gasteiger partial charge in [-0.25, -0.2) is 0 Å². The highest BCUT2D eigenvalue weighted by Crippen LogP contribution is 2.07. The lowest BCUT2D eigenvalue weighted by atomic mass is 10.1. The van der Waals surface area contributed by atoms with Crippen molar-refractivity contribution in [2.45, 2.75) is 71.1 Å². The fourth-order valence-electron chi connectivity index (χ4n) is 1.85. The average Bonchev–Trinajstić information content (AvgIpc) is 2.31. The van der Waals surface area contributed by atoms with E-state index in [4.69, 9.17) is 11.6 Å². The van der Waals surface area contributed by atoms with Crippen LogP contribution in [0.5, 0.6) is 0 Å². The van der Waals surface area contributed by atoms with Crippen LogP contribution in [-0.2, 0) is 0 Å². The molecule has 1 nitrogen and oxygen atoms in total. The molecule has 0 rings (SSSR count). The molecule has 98 valence electrons. The third-order valence-electron chi connectivity index (χ3n) is 2.94. The minimum absolute atomic E-state index is 0.805. The highest BCUT2D eigenvalue weighted by Gasteiger charge is 1.92. The molecule has 0 amide bonds. The van der Waals surface area contributed by atoms with E-state index in [0.29, 0.717) is 0 Å². The molecule has 0 spiro atoms. The highest BCUT2D eigenvalue weighted by molar-refractivity contribution is 6.17. The molecule has 0 heterocycles. The Labute approximate surface area is 107 Å². The van der Waals surface area contributed by atoms with Crippen molar-refractivity contribution >= 4 is 11.6 Å². The number of alkyl halides is 1. The van der Waals surface area contributed by atoms with Crippen molar-refractivity contribution in [1.29, 1.82) is 0 Å². The zero-order valence-corrected chi connectivity index (χ0v) is 11.8. The van der Waals surface area contributed by atoms with Gasteiger partial charge in [0.05, 0.1) is 0 Å². The third kappa shape index (κ3) is 14.2. The van der Waals surface area contributed by atoms with E-state index >= 15 is 0 Å². The standard InChI is InChI=1S/C14H30ClN/c1-2-3-4-5-6-7-8-10-13-16-14-11-9-12-15/h16H,2-14H2,1H3. The first-order valence-electron chi connectivity index (χ1n) is 7.18. The van der Waals surface area contributed by atoms with Gasteiger partial charge in [-0.2, -0.15) is 0 Å². The van der Waals surface area contributed by atoms with Gasteiger partial charge in [-0.3, -0.25) is 0 Å². The molecular formula is C14H30ClN. The van der Waals surface area contributed by atoms with Gasteiger partial charge in [-0.1, -0.05) is 51.9 Å². The third-order valence-corrected chi connectivity index (χ3v) is 3.21. The molecule has 0 aliphatic carbocycles. The first kappa shape index (κ1) is 16.2. The SMILES string of the molecule is CCCCCCCCCCNCCCCCl. The van der Waals surface area contributed by atoms with Crippen LogP contribution in [-0.4, -0.2) is 19.0 Å². The van der Waals surface area contributed by atoms with Crippen LogP contribution in [0.2, 0.25) is 0 Å². The van der Waals surface area contributed by atoms with E-state index in [-0.39, 0.29) is 0 Å². The van der Waals surface area contributed by atoms with E-state index in [1.807, 2.05) is 0 Å². The van der Waals surface area contributed by atoms with Crippen molar-refractivity contribution in [3.8, 4) is 0 Å². The van der Waals surface area contributed by atoms with Crippen molar-refractivity contribution in [2.24, 2.45) is 0 Å². The van der Waals surface area contributed by atoms with Gasteiger partial charge in [0.2, 0.25) is 0 Å². The number of unbranched alkanes of at least 4 members (excludes halogenated alkanes) is 8. The molecule has 0 saturated carbocycles. The molecule has 0 aliphatic rings. The van der Waals surface area contributed by atoms with Gasteiger partial charge in [-0.15, -0.1) is 11.6 Å². The second kappa shape index (κ2) is 15.2. The molecule has 0 unspecified atom stereocenters. The number of halogens is 1. The van der Waals surface area contributed by atoms with E-state index in [0.717, 1.165) is 18.8 Å². The zero-order chi connectivity index (χ0) is 11.9. The maximum Gasteiger partial charge on any atom is 0.0223 e. The van der Waals surface area contributed by atoms with Gasteiger partial charge in [0, 0.05) is 5.88 Å². The molecule has 0 saturated heterocycles. The molecule has 0 aromatic carbocycles. The second-order valence-corrected chi connectivity index (χ2v) is 5.00. The predicted octanol–water partition coefficient (Wildman–Crippen LogP) is 4.74. The van der Waals surface area contributed by atoms with Gasteiger partial charge in [0.15, 0.2) is 0 Å². The van der Waals surface area contributed by atoms with Gasteiger partial charge < -0.3 is 5.32 Å². The highest BCUT2D eigenvalue weighted by atomic mass is 35.5. The van der Waals surface area contributed by atoms with Crippen LogP contribution in [0.1, 0.15) is 71.1 Å². The van der Waals surface area contributed by atoms with E-state index in [1.165, 1.54) is 64.3 Å². The minimum atomic E-state index is 0.805. The molecule has 16 heavy (non-hydrogen) atoms. The molecule has 0 bridgehead atoms. The summed E-state index contributed by atoms with van der Waals surface area (Å²) in [5.74, 6) is 0.805. The van der Waals surface area contributed by atoms with Crippen LogP contribution in [0.3, 0.4) is 0 Å². The Hall–Kier alpha value is 0.250. The van der Waals surface area contributed by atoms with Crippen LogP contribution < -0.4 is 5.32 Å². The fraction of sp³-hybridized carbons (Fsp3) is 1.00. The molecule has 1 N–H and O–H groups in total. The summed E-state index contributed by atoms with van der Waals surface area (Å²) in [4.78, 5) is 0. The monoisotopic (exact) mass is 247 g/mol. The molecular weight excluding hydrogens is 218 g/mol. The van der Waals surface area contributed by atoms with E-state index in [9.17, 15) is 0 Å². The van der Waals surface area contributed by atoms with E-state index < -0.39 is 0 Å². The Kier molecular flexibility index (Phi) is 15.5. The Morgan fingerprint density at radius 1 is 0.688 bits per heavy atom. The Morgan fingerprint density at radius 3 is 1.75 bits per heavy atom. The molecule has 0 aromatic heterocycles. The first-order chi connectivity index (χ1) is 7.91. The fourth-order valence-corrected chi connectivity index (χ4v) is 2.04. The molecule has 0 aliphatic heterocycles. The molecule has 0 fully saturated rings. The maximum atomic E-state index is 5.61. The van der Waals surface area contributed by atoms with Gasteiger partial charge in [-0.05, 0) is 32.4 Å². The number of hydrogen-bond donors (Lipinski definition) is 1. The maximum absolute atomic E-state index is 5.61. The van der Waals surface area contributed by atoms with Crippen LogP contribution in [0.25, 0.3) is 0 Å². The molecule has 0 aromatic rings. The second-order valence-electron chi connectivity index (χ2n) is 4.62. The largest absolute Gasteiger partial charge is 0.317 e. The van der Waals surface area contributed by atoms with E-state index in [1.54, 1.807) is 0 Å². The summed E-state index contributed by atoms with van der Waals surface area (Å²) in [5.41, 5.74) is 0. The van der Waals surface area contributed by atoms with Crippen LogP contribution in [0.15, 0.2) is 0 Å². The Bertz CT molecular complexity index is 103. The summed E-state index contributed by atoms with van der Waals surface area (Å²) >= 11 is 5.61. The quantitative estimate of drug-likeness (QED) is 0.366. The van der Waals surface area contributed by atoms with E-state index in [2.05, 4.69) is 12.2 Å². The van der Waals surface area contributed by atoms with Gasteiger partial charge >= 0.3 is 0 Å². The van der Waals surface area contributed by atoms with Crippen LogP contribution >= 0.6 is 11.6 Å². The van der Waals surface area contributed by atoms with Crippen molar-refractivity contribution < 1.29 is 0 Å². The lowest BCUT2D eigenvalue weighted by Crippen LogP contribution is -2.16. The lowest BCUT2D eigenvalue weighted by Gasteiger charge is -2.04. The number of nitrogens with one attached hydrogen (secondary N) is 1. The summed E-state index contributed by atoms with van der Waals surface area (Å²) in [5, 5.41) is 3.47. The van der Waals surface area contributed by atoms with Gasteiger partial charge in [0.1, 0.15) is 0 Å². The van der Waals surface area contributed by atoms with Crippen molar-refractivity contribution in [3.05, 3.63) is 0 Å². The van der Waals surface area contributed by atoms with Gasteiger partial charge in [0.25, 0.3) is 0 Å². The van der Waals surface area contributed by atoms with Crippen molar-refractivity contribution in [2.75, 3.05) is 19.0 Å². The first-order valence-corrected chi connectivity index (χ1v) is 7.72. The summed E-state index contributed by atoms with van der Waals surface area (Å²) in [6, 6.07) is 0. The smallest absolute Gasteiger partial charge is 0.0223 e. The molecule has 2 heteroatoms. The topological polar surface area (TPSA) is 12.0 Å². The lowest BCUT2D eigenvalue weighted by molar-refractivity contribution is 0.550. The average molecular weight is 248 g/mol. The summed E-state index contributed by atoms with van der Waals surface area (Å²) in [7, 11) is 0. The summed E-state index contributed by atoms with van der Waals surface area (Å²) < 4.78 is 0. The zero-order valence-electron chi connectivity index (χ0n) is 11.1. The molecule has 0 radical (unpaired) electrons. The molecule has 0 atom stereocenters. The summed E-state index contributed by atoms with van der Waals surface area (Å²) in [6.45, 7) is 4.61. The van der Waals surface area contributed by atoms with Crippen LogP contribution in [0.4, 0.5) is 0 Å². The normalized spacial score (nSPS) is 10.9. The minimum Gasteiger partial charge on any atom is -0.317 e. The summed E-state index contributed by atoms with van der Waals surface area (Å²) in [6.07, 6.45) is 13.6. The van der Waals surface area contributed by atoms with Crippen molar-refractivity contribution in [3.63, 3.8) is 0 Å².